The van der Waals surface area contributed by atoms with Crippen LogP contribution >= 0.6 is 0 Å². The third kappa shape index (κ3) is 5.76. The van der Waals surface area contributed by atoms with Crippen LogP contribution in [0.1, 0.15) is 26.2 Å². The van der Waals surface area contributed by atoms with Gasteiger partial charge in [0.2, 0.25) is 6.43 Å². The Morgan fingerprint density at radius 2 is 2.09 bits per heavy atom. The molecule has 4 heteroatoms. The Bertz CT molecular complexity index is 126. The molecule has 0 amide bonds. The lowest BCUT2D eigenvalue weighted by molar-refractivity contribution is -0.137. The molecule has 0 aromatic carbocycles. The van der Waals surface area contributed by atoms with Gasteiger partial charge in [-0.25, -0.2) is 8.78 Å². The van der Waals surface area contributed by atoms with Gasteiger partial charge in [0.05, 0.1) is 0 Å². The maximum Gasteiger partial charge on any atom is 0.303 e. The van der Waals surface area contributed by atoms with E-state index >= 15 is 0 Å². The van der Waals surface area contributed by atoms with Gasteiger partial charge in [0.15, 0.2) is 0 Å². The molecule has 0 radical (unpaired) electrons. The summed E-state index contributed by atoms with van der Waals surface area (Å²) in [5.74, 6) is -1.61. The number of carboxylic acids is 1. The number of carboxylic acid groups (broad SMARTS) is 1. The van der Waals surface area contributed by atoms with Crippen molar-refractivity contribution in [2.24, 2.45) is 5.92 Å². The van der Waals surface area contributed by atoms with Crippen molar-refractivity contribution in [3.8, 4) is 0 Å². The van der Waals surface area contributed by atoms with Crippen molar-refractivity contribution in [1.29, 1.82) is 0 Å². The predicted molar refractivity (Wildman–Crippen MR) is 36.7 cm³/mol. The Morgan fingerprint density at radius 1 is 1.55 bits per heavy atom. The van der Waals surface area contributed by atoms with Gasteiger partial charge in [-0.3, -0.25) is 4.79 Å². The van der Waals surface area contributed by atoms with Gasteiger partial charge in [0.1, 0.15) is 0 Å². The summed E-state index contributed by atoms with van der Waals surface area (Å²) in [5, 5.41) is 8.18. The Balaban J connectivity index is 3.31. The monoisotopic (exact) mass is 166 g/mol. The van der Waals surface area contributed by atoms with Gasteiger partial charge in [-0.2, -0.15) is 0 Å². The second-order valence-electron chi connectivity index (χ2n) is 2.60. The van der Waals surface area contributed by atoms with E-state index in [-0.39, 0.29) is 12.8 Å². The second kappa shape index (κ2) is 5.04. The molecule has 0 aliphatic heterocycles. The second-order valence-corrected chi connectivity index (χ2v) is 2.60. The number of hydrogen-bond acceptors (Lipinski definition) is 1. The lowest BCUT2D eigenvalue weighted by Crippen LogP contribution is -2.07. The maximum atomic E-state index is 11.8. The predicted octanol–water partition coefficient (Wildman–Crippen LogP) is 2.14. The molecule has 11 heavy (non-hydrogen) atoms. The fourth-order valence-electron chi connectivity index (χ4n) is 0.701. The Morgan fingerprint density at radius 3 is 2.45 bits per heavy atom. The van der Waals surface area contributed by atoms with E-state index in [0.29, 0.717) is 6.42 Å². The Labute approximate surface area is 64.2 Å². The first-order valence-corrected chi connectivity index (χ1v) is 3.54. The SMILES string of the molecule is CC(CCCC(=O)O)C(F)F. The maximum absolute atomic E-state index is 11.8. The van der Waals surface area contributed by atoms with Crippen molar-refractivity contribution in [2.75, 3.05) is 0 Å². The van der Waals surface area contributed by atoms with Gasteiger partial charge in [-0.05, 0) is 12.8 Å². The van der Waals surface area contributed by atoms with E-state index < -0.39 is 18.3 Å². The largest absolute Gasteiger partial charge is 0.481 e. The molecular formula is C7H12F2O2. The smallest absolute Gasteiger partial charge is 0.303 e. The van der Waals surface area contributed by atoms with Gasteiger partial charge in [0, 0.05) is 12.3 Å². The van der Waals surface area contributed by atoms with Crippen molar-refractivity contribution in [2.45, 2.75) is 32.6 Å². The summed E-state index contributed by atoms with van der Waals surface area (Å²) in [4.78, 5) is 9.96. The van der Waals surface area contributed by atoms with E-state index in [1.807, 2.05) is 0 Å². The summed E-state index contributed by atoms with van der Waals surface area (Å²) in [7, 11) is 0. The van der Waals surface area contributed by atoms with E-state index in [1.165, 1.54) is 6.92 Å². The van der Waals surface area contributed by atoms with Gasteiger partial charge in [-0.1, -0.05) is 6.92 Å². The zero-order chi connectivity index (χ0) is 8.85. The van der Waals surface area contributed by atoms with E-state index in [9.17, 15) is 13.6 Å². The Hall–Kier alpha value is -0.670. The molecule has 0 spiro atoms. The molecule has 0 aromatic heterocycles. The fraction of sp³-hybridized carbons (Fsp3) is 0.857. The van der Waals surface area contributed by atoms with Crippen molar-refractivity contribution < 1.29 is 18.7 Å². The molecule has 0 aromatic rings. The number of alkyl halides is 2. The van der Waals surface area contributed by atoms with Gasteiger partial charge >= 0.3 is 5.97 Å². The van der Waals surface area contributed by atoms with Crippen LogP contribution in [-0.4, -0.2) is 17.5 Å². The van der Waals surface area contributed by atoms with Crippen LogP contribution in [0.25, 0.3) is 0 Å². The molecule has 1 N–H and O–H groups in total. The van der Waals surface area contributed by atoms with Gasteiger partial charge in [-0.15, -0.1) is 0 Å². The lowest BCUT2D eigenvalue weighted by Gasteiger charge is -2.07. The quantitative estimate of drug-likeness (QED) is 0.679. The van der Waals surface area contributed by atoms with Crippen LogP contribution in [0.3, 0.4) is 0 Å². The first-order chi connectivity index (χ1) is 5.04. The van der Waals surface area contributed by atoms with Gasteiger partial charge in [0.25, 0.3) is 0 Å². The molecule has 0 rings (SSSR count). The highest BCUT2D eigenvalue weighted by Gasteiger charge is 2.13. The summed E-state index contributed by atoms with van der Waals surface area (Å²) in [5.41, 5.74) is 0. The summed E-state index contributed by atoms with van der Waals surface area (Å²) >= 11 is 0. The van der Waals surface area contributed by atoms with E-state index in [4.69, 9.17) is 5.11 Å². The number of hydrogen-bond donors (Lipinski definition) is 1. The average molecular weight is 166 g/mol. The third-order valence-corrected chi connectivity index (χ3v) is 1.48. The summed E-state index contributed by atoms with van der Waals surface area (Å²) < 4.78 is 23.6. The minimum Gasteiger partial charge on any atom is -0.481 e. The lowest BCUT2D eigenvalue weighted by atomic mass is 10.1. The molecule has 1 atom stereocenters. The molecule has 2 nitrogen and oxygen atoms in total. The topological polar surface area (TPSA) is 37.3 Å². The first kappa shape index (κ1) is 10.3. The molecule has 0 bridgehead atoms. The van der Waals surface area contributed by atoms with Crippen LogP contribution in [0.5, 0.6) is 0 Å². The standard InChI is InChI=1S/C7H12F2O2/c1-5(7(8)9)3-2-4-6(10)11/h5,7H,2-4H2,1H3,(H,10,11). The van der Waals surface area contributed by atoms with Crippen LogP contribution in [0.4, 0.5) is 8.78 Å². The minimum absolute atomic E-state index is 0.0168. The molecule has 0 saturated carbocycles. The molecule has 0 fully saturated rings. The highest BCUT2D eigenvalue weighted by molar-refractivity contribution is 5.66. The van der Waals surface area contributed by atoms with Crippen molar-refractivity contribution in [1.82, 2.24) is 0 Å². The normalized spacial score (nSPS) is 13.5. The van der Waals surface area contributed by atoms with Crippen LogP contribution in [0, 0.1) is 5.92 Å². The number of carbonyl (C=O) groups is 1. The summed E-state index contributed by atoms with van der Waals surface area (Å²) in [6, 6.07) is 0. The van der Waals surface area contributed by atoms with Crippen molar-refractivity contribution in [3.63, 3.8) is 0 Å². The molecule has 0 saturated heterocycles. The molecule has 0 heterocycles. The zero-order valence-electron chi connectivity index (χ0n) is 6.39. The highest BCUT2D eigenvalue weighted by Crippen LogP contribution is 2.15. The Kier molecular flexibility index (Phi) is 4.74. The van der Waals surface area contributed by atoms with E-state index in [1.54, 1.807) is 0 Å². The van der Waals surface area contributed by atoms with Crippen LogP contribution in [-0.2, 0) is 4.79 Å². The molecule has 0 aliphatic rings. The number of aliphatic carboxylic acids is 1. The van der Waals surface area contributed by atoms with Gasteiger partial charge < -0.3 is 5.11 Å². The molecular weight excluding hydrogens is 154 g/mol. The van der Waals surface area contributed by atoms with Crippen LogP contribution < -0.4 is 0 Å². The summed E-state index contributed by atoms with van der Waals surface area (Å²) in [6.07, 6.45) is -1.73. The minimum atomic E-state index is -2.33. The van der Waals surface area contributed by atoms with E-state index in [0.717, 1.165) is 0 Å². The summed E-state index contributed by atoms with van der Waals surface area (Å²) in [6.45, 7) is 1.42. The van der Waals surface area contributed by atoms with E-state index in [2.05, 4.69) is 0 Å². The van der Waals surface area contributed by atoms with Crippen LogP contribution in [0.15, 0.2) is 0 Å². The van der Waals surface area contributed by atoms with Crippen molar-refractivity contribution >= 4 is 5.97 Å². The van der Waals surface area contributed by atoms with Crippen LogP contribution in [0.2, 0.25) is 0 Å². The third-order valence-electron chi connectivity index (χ3n) is 1.48. The zero-order valence-corrected chi connectivity index (χ0v) is 6.39. The number of halogens is 2. The fourth-order valence-corrected chi connectivity index (χ4v) is 0.701. The number of rotatable bonds is 5. The first-order valence-electron chi connectivity index (χ1n) is 3.54. The molecule has 1 unspecified atom stereocenters. The average Bonchev–Trinajstić information content (AvgIpc) is 1.86. The highest BCUT2D eigenvalue weighted by atomic mass is 19.3. The molecule has 0 aliphatic carbocycles. The molecule has 66 valence electrons. The van der Waals surface area contributed by atoms with Crippen molar-refractivity contribution in [3.05, 3.63) is 0 Å².